The van der Waals surface area contributed by atoms with E-state index in [1.165, 1.54) is 28.9 Å². The predicted molar refractivity (Wildman–Crippen MR) is 121 cm³/mol. The Morgan fingerprint density at radius 3 is 2.75 bits per heavy atom. The normalized spacial score (nSPS) is 17.0. The van der Waals surface area contributed by atoms with Crippen molar-refractivity contribution in [2.45, 2.75) is 17.5 Å². The first-order valence-corrected chi connectivity index (χ1v) is 11.4. The van der Waals surface area contributed by atoms with Gasteiger partial charge < -0.3 is 5.32 Å². The second-order valence-corrected chi connectivity index (χ2v) is 8.99. The molecule has 2 aromatic carbocycles. The van der Waals surface area contributed by atoms with Gasteiger partial charge in [-0.15, -0.1) is 0 Å². The molecule has 32 heavy (non-hydrogen) atoms. The van der Waals surface area contributed by atoms with Gasteiger partial charge in [0.2, 0.25) is 5.95 Å². The van der Waals surface area contributed by atoms with Crippen molar-refractivity contribution in [3.8, 4) is 0 Å². The van der Waals surface area contributed by atoms with Crippen molar-refractivity contribution in [3.63, 3.8) is 0 Å². The van der Waals surface area contributed by atoms with Gasteiger partial charge in [0.1, 0.15) is 5.03 Å². The van der Waals surface area contributed by atoms with E-state index in [4.69, 9.17) is 23.2 Å². The number of hydrogen-bond acceptors (Lipinski definition) is 6. The smallest absolute Gasteiger partial charge is 0.324 e. The molecule has 3 heterocycles. The number of carbonyl (C=O) groups is 1. The van der Waals surface area contributed by atoms with Crippen LogP contribution in [0.2, 0.25) is 10.0 Å². The lowest BCUT2D eigenvalue weighted by Gasteiger charge is -2.28. The number of alkyl halides is 2. The summed E-state index contributed by atoms with van der Waals surface area (Å²) in [5, 5.41) is 6.52. The highest BCUT2D eigenvalue weighted by Crippen LogP contribution is 2.39. The van der Waals surface area contributed by atoms with Crippen LogP contribution in [0.4, 0.5) is 26.1 Å². The molecule has 6 nitrogen and oxygen atoms in total. The van der Waals surface area contributed by atoms with Crippen LogP contribution in [0.3, 0.4) is 0 Å². The second kappa shape index (κ2) is 8.15. The highest BCUT2D eigenvalue weighted by atomic mass is 35.5. The van der Waals surface area contributed by atoms with Gasteiger partial charge in [0, 0.05) is 24.0 Å². The van der Waals surface area contributed by atoms with Crippen molar-refractivity contribution in [1.29, 1.82) is 0 Å². The van der Waals surface area contributed by atoms with E-state index >= 15 is 0 Å². The Morgan fingerprint density at radius 1 is 1.19 bits per heavy atom. The summed E-state index contributed by atoms with van der Waals surface area (Å²) in [6.45, 7) is 0.198. The summed E-state index contributed by atoms with van der Waals surface area (Å²) in [5.41, 5.74) is 1.91. The summed E-state index contributed by atoms with van der Waals surface area (Å²) in [7, 11) is 0. The third-order valence-corrected chi connectivity index (χ3v) is 6.79. The standard InChI is InChI=1S/C21H15Cl2F2N5OS/c22-15-2-1-3-16(23)17(15)30-10-32-18-13(19(30)31)9-26-20(29-18)28-12-4-5-14-11(8-12)6-7-27-21(14,24)25/h1-5,8-9,27H,6-7,10H2,(H,26,28,29). The molecule has 164 valence electrons. The van der Waals surface area contributed by atoms with Crippen LogP contribution in [-0.2, 0) is 12.5 Å². The number of anilines is 3. The van der Waals surface area contributed by atoms with Crippen LogP contribution in [0, 0.1) is 0 Å². The van der Waals surface area contributed by atoms with Crippen molar-refractivity contribution >= 4 is 58.2 Å². The minimum atomic E-state index is -3.04. The Hall–Kier alpha value is -2.46. The monoisotopic (exact) mass is 493 g/mol. The van der Waals surface area contributed by atoms with Gasteiger partial charge in [-0.3, -0.25) is 15.0 Å². The zero-order valence-corrected chi connectivity index (χ0v) is 18.7. The van der Waals surface area contributed by atoms with Crippen LogP contribution in [0.1, 0.15) is 21.5 Å². The predicted octanol–water partition coefficient (Wildman–Crippen LogP) is 5.43. The molecule has 0 spiro atoms. The lowest BCUT2D eigenvalue weighted by atomic mass is 9.98. The average Bonchev–Trinajstić information content (AvgIpc) is 2.75. The second-order valence-electron chi connectivity index (χ2n) is 7.24. The molecule has 0 saturated carbocycles. The fourth-order valence-electron chi connectivity index (χ4n) is 3.69. The summed E-state index contributed by atoms with van der Waals surface area (Å²) in [4.78, 5) is 23.2. The van der Waals surface area contributed by atoms with Gasteiger partial charge in [-0.1, -0.05) is 41.0 Å². The third-order valence-electron chi connectivity index (χ3n) is 5.21. The van der Waals surface area contributed by atoms with Gasteiger partial charge in [-0.2, -0.15) is 8.78 Å². The molecule has 0 fully saturated rings. The van der Waals surface area contributed by atoms with E-state index < -0.39 is 6.05 Å². The molecule has 0 radical (unpaired) electrons. The zero-order valence-electron chi connectivity index (χ0n) is 16.3. The van der Waals surface area contributed by atoms with Gasteiger partial charge in [0.25, 0.3) is 5.91 Å². The molecule has 5 rings (SSSR count). The molecule has 11 heteroatoms. The number of rotatable bonds is 3. The Bertz CT molecular complexity index is 1220. The van der Waals surface area contributed by atoms with Gasteiger partial charge in [0.05, 0.1) is 27.2 Å². The number of halogens is 4. The van der Waals surface area contributed by atoms with E-state index in [1.807, 2.05) is 0 Å². The molecule has 0 saturated heterocycles. The number of carbonyl (C=O) groups excluding carboxylic acids is 1. The summed E-state index contributed by atoms with van der Waals surface area (Å²) in [5.74, 6) is 0.255. The van der Waals surface area contributed by atoms with Crippen LogP contribution < -0.4 is 15.5 Å². The molecule has 0 bridgehead atoms. The average molecular weight is 494 g/mol. The maximum Gasteiger partial charge on any atom is 0.329 e. The molecule has 0 atom stereocenters. The Balaban J connectivity index is 1.40. The van der Waals surface area contributed by atoms with E-state index in [2.05, 4.69) is 20.6 Å². The maximum absolute atomic E-state index is 14.0. The highest BCUT2D eigenvalue weighted by Gasteiger charge is 2.36. The molecule has 3 aromatic rings. The largest absolute Gasteiger partial charge is 0.329 e. The topological polar surface area (TPSA) is 70.1 Å². The number of aromatic nitrogens is 2. The van der Waals surface area contributed by atoms with Gasteiger partial charge in [0.15, 0.2) is 0 Å². The van der Waals surface area contributed by atoms with Crippen molar-refractivity contribution < 1.29 is 13.6 Å². The summed E-state index contributed by atoms with van der Waals surface area (Å²) in [6, 6.07) is 6.64. The van der Waals surface area contributed by atoms with E-state index in [-0.39, 0.29) is 29.8 Å². The number of para-hydroxylation sites is 1. The molecular weight excluding hydrogens is 479 g/mol. The molecule has 2 N–H and O–H groups in total. The first-order valence-electron chi connectivity index (χ1n) is 9.62. The lowest BCUT2D eigenvalue weighted by Crippen LogP contribution is -2.40. The van der Waals surface area contributed by atoms with Crippen molar-refractivity contribution in [2.24, 2.45) is 0 Å². The van der Waals surface area contributed by atoms with Crippen LogP contribution >= 0.6 is 35.0 Å². The van der Waals surface area contributed by atoms with E-state index in [0.29, 0.717) is 44.0 Å². The zero-order chi connectivity index (χ0) is 22.5. The fourth-order valence-corrected chi connectivity index (χ4v) is 5.23. The van der Waals surface area contributed by atoms with E-state index in [0.717, 1.165) is 0 Å². The molecule has 2 aliphatic heterocycles. The third kappa shape index (κ3) is 3.79. The summed E-state index contributed by atoms with van der Waals surface area (Å²) in [6.07, 6.45) is 1.93. The number of fused-ring (bicyclic) bond motifs is 2. The highest BCUT2D eigenvalue weighted by molar-refractivity contribution is 7.99. The van der Waals surface area contributed by atoms with Crippen LogP contribution in [0.25, 0.3) is 0 Å². The number of benzene rings is 2. The number of hydrogen-bond donors (Lipinski definition) is 2. The van der Waals surface area contributed by atoms with E-state index in [9.17, 15) is 13.6 Å². The SMILES string of the molecule is O=C1c2cnc(Nc3ccc4c(c3)CCNC4(F)F)nc2SCN1c1c(Cl)cccc1Cl. The molecule has 2 aliphatic rings. The van der Waals surface area contributed by atoms with Gasteiger partial charge in [-0.05, 0) is 42.3 Å². The number of nitrogens with one attached hydrogen (secondary N) is 2. The Morgan fingerprint density at radius 2 is 1.97 bits per heavy atom. The Kier molecular flexibility index (Phi) is 5.45. The van der Waals surface area contributed by atoms with Gasteiger partial charge in [-0.25, -0.2) is 9.97 Å². The molecule has 0 aliphatic carbocycles. The van der Waals surface area contributed by atoms with Crippen LogP contribution in [-0.4, -0.2) is 28.3 Å². The number of thioether (sulfide) groups is 1. The van der Waals surface area contributed by atoms with Gasteiger partial charge >= 0.3 is 6.05 Å². The molecule has 0 unspecified atom stereocenters. The molecule has 1 aromatic heterocycles. The summed E-state index contributed by atoms with van der Waals surface area (Å²) >= 11 is 13.9. The number of amides is 1. The number of nitrogens with zero attached hydrogens (tertiary/aromatic N) is 3. The van der Waals surface area contributed by atoms with Crippen LogP contribution in [0.5, 0.6) is 0 Å². The molecule has 1 amide bonds. The lowest BCUT2D eigenvalue weighted by molar-refractivity contribution is -0.0467. The summed E-state index contributed by atoms with van der Waals surface area (Å²) < 4.78 is 27.9. The van der Waals surface area contributed by atoms with Crippen LogP contribution in [0.15, 0.2) is 47.6 Å². The maximum atomic E-state index is 14.0. The Labute approximate surface area is 196 Å². The molecular formula is C21H15Cl2F2N5OS. The first-order chi connectivity index (χ1) is 15.3. The minimum Gasteiger partial charge on any atom is -0.324 e. The van der Waals surface area contributed by atoms with Crippen molar-refractivity contribution in [3.05, 3.63) is 69.3 Å². The first kappa shape index (κ1) is 21.4. The van der Waals surface area contributed by atoms with E-state index in [1.54, 1.807) is 30.3 Å². The quantitative estimate of drug-likeness (QED) is 0.374. The van der Waals surface area contributed by atoms with Crippen molar-refractivity contribution in [2.75, 3.05) is 22.6 Å². The minimum absolute atomic E-state index is 0.0277. The fraction of sp³-hybridized carbons (Fsp3) is 0.190. The van der Waals surface area contributed by atoms with Crippen molar-refractivity contribution in [1.82, 2.24) is 15.3 Å².